The minimum absolute atomic E-state index is 0.0114. The number of carboxylic acids is 1. The molecule has 0 fully saturated rings. The first-order valence-corrected chi connectivity index (χ1v) is 6.52. The summed E-state index contributed by atoms with van der Waals surface area (Å²) in [5.74, 6) is 0.368. The van der Waals surface area contributed by atoms with E-state index in [1.807, 2.05) is 18.2 Å². The van der Waals surface area contributed by atoms with E-state index in [1.165, 1.54) is 0 Å². The molecule has 2 N–H and O–H groups in total. The Morgan fingerprint density at radius 3 is 2.65 bits per heavy atom. The van der Waals surface area contributed by atoms with Gasteiger partial charge in [-0.2, -0.15) is 0 Å². The summed E-state index contributed by atoms with van der Waals surface area (Å²) in [4.78, 5) is 21.9. The number of rotatable bonds is 6. The van der Waals surface area contributed by atoms with E-state index in [4.69, 9.17) is 14.6 Å². The molecule has 0 spiro atoms. The van der Waals surface area contributed by atoms with Crippen LogP contribution in [-0.2, 0) is 16.1 Å². The van der Waals surface area contributed by atoms with Crippen LogP contribution in [0.25, 0.3) is 0 Å². The summed E-state index contributed by atoms with van der Waals surface area (Å²) >= 11 is 0. The first-order valence-electron chi connectivity index (χ1n) is 6.52. The van der Waals surface area contributed by atoms with Crippen molar-refractivity contribution in [3.8, 4) is 11.5 Å². The van der Waals surface area contributed by atoms with Crippen molar-refractivity contribution < 1.29 is 24.2 Å². The van der Waals surface area contributed by atoms with Gasteiger partial charge >= 0.3 is 5.97 Å². The van der Waals surface area contributed by atoms with Gasteiger partial charge < -0.3 is 19.9 Å². The lowest BCUT2D eigenvalue weighted by Gasteiger charge is -2.18. The molecule has 0 unspecified atom stereocenters. The average molecular weight is 279 g/mol. The molecule has 1 aromatic carbocycles. The molecule has 0 radical (unpaired) electrons. The molecular formula is C14H17NO5. The summed E-state index contributed by atoms with van der Waals surface area (Å²) in [6.07, 6.45) is 0.580. The molecule has 0 aromatic heterocycles. The second-order valence-corrected chi connectivity index (χ2v) is 4.50. The quantitative estimate of drug-likeness (QED) is 0.820. The van der Waals surface area contributed by atoms with Crippen LogP contribution >= 0.6 is 0 Å². The fraction of sp³-hybridized carbons (Fsp3) is 0.429. The van der Waals surface area contributed by atoms with Gasteiger partial charge in [-0.15, -0.1) is 0 Å². The maximum Gasteiger partial charge on any atom is 0.303 e. The van der Waals surface area contributed by atoms with Gasteiger partial charge in [0.2, 0.25) is 5.91 Å². The van der Waals surface area contributed by atoms with Crippen LogP contribution in [0.1, 0.15) is 24.8 Å². The van der Waals surface area contributed by atoms with Crippen molar-refractivity contribution in [1.82, 2.24) is 5.32 Å². The number of carbonyl (C=O) groups excluding carboxylic acids is 1. The number of benzene rings is 1. The highest BCUT2D eigenvalue weighted by molar-refractivity contribution is 5.76. The smallest absolute Gasteiger partial charge is 0.303 e. The first kappa shape index (κ1) is 14.2. The van der Waals surface area contributed by atoms with Crippen LogP contribution in [0.2, 0.25) is 0 Å². The molecule has 0 saturated heterocycles. The Labute approximate surface area is 116 Å². The normalized spacial score (nSPS) is 12.8. The van der Waals surface area contributed by atoms with Crippen molar-refractivity contribution >= 4 is 11.9 Å². The van der Waals surface area contributed by atoms with E-state index in [2.05, 4.69) is 5.32 Å². The predicted molar refractivity (Wildman–Crippen MR) is 70.8 cm³/mol. The highest BCUT2D eigenvalue weighted by Gasteiger charge is 2.12. The average Bonchev–Trinajstić information content (AvgIpc) is 2.44. The summed E-state index contributed by atoms with van der Waals surface area (Å²) in [7, 11) is 0. The third-order valence-corrected chi connectivity index (χ3v) is 2.89. The Bertz CT molecular complexity index is 500. The standard InChI is InChI=1S/C14H17NO5/c16-13(2-1-3-14(17)18)15-9-10-4-5-11-12(8-10)20-7-6-19-11/h4-5,8H,1-3,6-7,9H2,(H,15,16)(H,17,18). The minimum Gasteiger partial charge on any atom is -0.486 e. The summed E-state index contributed by atoms with van der Waals surface area (Å²) in [6.45, 7) is 1.47. The monoisotopic (exact) mass is 279 g/mol. The van der Waals surface area contributed by atoms with Gasteiger partial charge in [0.05, 0.1) is 0 Å². The molecule has 1 amide bonds. The Morgan fingerprint density at radius 1 is 1.15 bits per heavy atom. The first-order chi connectivity index (χ1) is 9.65. The molecule has 6 nitrogen and oxygen atoms in total. The van der Waals surface area contributed by atoms with E-state index >= 15 is 0 Å². The third kappa shape index (κ3) is 4.15. The Morgan fingerprint density at radius 2 is 1.90 bits per heavy atom. The Balaban J connectivity index is 1.79. The van der Waals surface area contributed by atoms with Gasteiger partial charge in [-0.1, -0.05) is 6.07 Å². The fourth-order valence-electron chi connectivity index (χ4n) is 1.89. The van der Waals surface area contributed by atoms with Crippen LogP contribution in [0.5, 0.6) is 11.5 Å². The number of carbonyl (C=O) groups is 2. The number of carboxylic acid groups (broad SMARTS) is 1. The van der Waals surface area contributed by atoms with E-state index in [1.54, 1.807) is 0 Å². The van der Waals surface area contributed by atoms with Crippen molar-refractivity contribution in [2.45, 2.75) is 25.8 Å². The molecule has 0 saturated carbocycles. The maximum absolute atomic E-state index is 11.5. The largest absolute Gasteiger partial charge is 0.486 e. The summed E-state index contributed by atoms with van der Waals surface area (Å²) in [5.41, 5.74) is 0.917. The zero-order valence-corrected chi connectivity index (χ0v) is 11.1. The lowest BCUT2D eigenvalue weighted by Crippen LogP contribution is -2.23. The number of fused-ring (bicyclic) bond motifs is 1. The van der Waals surface area contributed by atoms with Crippen molar-refractivity contribution in [1.29, 1.82) is 0 Å². The SMILES string of the molecule is O=C(O)CCCC(=O)NCc1ccc2c(c1)OCCO2. The van der Waals surface area contributed by atoms with Gasteiger partial charge in [0.1, 0.15) is 13.2 Å². The molecule has 1 aliphatic heterocycles. The van der Waals surface area contributed by atoms with E-state index < -0.39 is 5.97 Å². The van der Waals surface area contributed by atoms with E-state index in [0.29, 0.717) is 37.7 Å². The fourth-order valence-corrected chi connectivity index (χ4v) is 1.89. The Kier molecular flexibility index (Phi) is 4.81. The van der Waals surface area contributed by atoms with Crippen molar-refractivity contribution in [3.05, 3.63) is 23.8 Å². The van der Waals surface area contributed by atoms with Gasteiger partial charge in [-0.05, 0) is 24.1 Å². The number of amides is 1. The van der Waals surface area contributed by atoms with Crippen molar-refractivity contribution in [2.24, 2.45) is 0 Å². The molecule has 0 atom stereocenters. The molecule has 6 heteroatoms. The van der Waals surface area contributed by atoms with Crippen molar-refractivity contribution in [3.63, 3.8) is 0 Å². The number of hydrogen-bond donors (Lipinski definition) is 2. The van der Waals surface area contributed by atoms with E-state index in [-0.39, 0.29) is 18.7 Å². The molecule has 0 bridgehead atoms. The van der Waals surface area contributed by atoms with Gasteiger partial charge in [0, 0.05) is 19.4 Å². The van der Waals surface area contributed by atoms with Gasteiger partial charge in [-0.25, -0.2) is 0 Å². The lowest BCUT2D eigenvalue weighted by atomic mass is 10.2. The number of ether oxygens (including phenoxy) is 2. The predicted octanol–water partition coefficient (Wildman–Crippen LogP) is 1.33. The summed E-state index contributed by atoms with van der Waals surface area (Å²) in [5, 5.41) is 11.2. The van der Waals surface area contributed by atoms with Crippen LogP contribution in [0.3, 0.4) is 0 Å². The summed E-state index contributed by atoms with van der Waals surface area (Å²) < 4.78 is 10.9. The molecular weight excluding hydrogens is 262 g/mol. The molecule has 0 aliphatic carbocycles. The second kappa shape index (κ2) is 6.79. The van der Waals surface area contributed by atoms with Gasteiger partial charge in [0.15, 0.2) is 11.5 Å². The third-order valence-electron chi connectivity index (χ3n) is 2.89. The molecule has 2 rings (SSSR count). The molecule has 20 heavy (non-hydrogen) atoms. The zero-order valence-electron chi connectivity index (χ0n) is 11.1. The van der Waals surface area contributed by atoms with Gasteiger partial charge in [-0.3, -0.25) is 9.59 Å². The topological polar surface area (TPSA) is 84.9 Å². The maximum atomic E-state index is 11.5. The lowest BCUT2D eigenvalue weighted by molar-refractivity contribution is -0.137. The molecule has 1 aliphatic rings. The highest BCUT2D eigenvalue weighted by atomic mass is 16.6. The molecule has 1 heterocycles. The Hall–Kier alpha value is -2.24. The molecule has 1 aromatic rings. The van der Waals surface area contributed by atoms with E-state index in [9.17, 15) is 9.59 Å². The van der Waals surface area contributed by atoms with Crippen LogP contribution in [0.15, 0.2) is 18.2 Å². The number of aliphatic carboxylic acids is 1. The minimum atomic E-state index is -0.885. The molecule has 108 valence electrons. The van der Waals surface area contributed by atoms with Crippen LogP contribution < -0.4 is 14.8 Å². The summed E-state index contributed by atoms with van der Waals surface area (Å²) in [6, 6.07) is 5.53. The van der Waals surface area contributed by atoms with Crippen LogP contribution in [-0.4, -0.2) is 30.2 Å². The van der Waals surface area contributed by atoms with Crippen LogP contribution in [0.4, 0.5) is 0 Å². The van der Waals surface area contributed by atoms with Gasteiger partial charge in [0.25, 0.3) is 0 Å². The van der Waals surface area contributed by atoms with Crippen molar-refractivity contribution in [2.75, 3.05) is 13.2 Å². The van der Waals surface area contributed by atoms with E-state index in [0.717, 1.165) is 5.56 Å². The number of hydrogen-bond acceptors (Lipinski definition) is 4. The zero-order chi connectivity index (χ0) is 14.4. The van der Waals surface area contributed by atoms with Crippen LogP contribution in [0, 0.1) is 0 Å². The second-order valence-electron chi connectivity index (χ2n) is 4.50. The highest BCUT2D eigenvalue weighted by Crippen LogP contribution is 2.30. The number of nitrogens with one attached hydrogen (secondary N) is 1.